The van der Waals surface area contributed by atoms with E-state index in [0.717, 1.165) is 25.9 Å². The number of hydrogen-bond donors (Lipinski definition) is 1. The van der Waals surface area contributed by atoms with Gasteiger partial charge in [-0.15, -0.1) is 0 Å². The van der Waals surface area contributed by atoms with E-state index in [4.69, 9.17) is 4.52 Å². The van der Waals surface area contributed by atoms with Crippen molar-refractivity contribution < 1.29 is 9.32 Å². The molecule has 2 rings (SSSR count). The third-order valence-electron chi connectivity index (χ3n) is 3.02. The molecule has 1 amide bonds. The summed E-state index contributed by atoms with van der Waals surface area (Å²) in [5.74, 6) is 1.45. The van der Waals surface area contributed by atoms with Crippen molar-refractivity contribution in [3.63, 3.8) is 0 Å². The standard InChI is InChI=1S/C15H21N5O2/c1-4-8-20(9-5-2)14(21)12-6-7-16-15(17-12)18-13-10-11(3)22-19-13/h6-7,10H,4-5,8-9H2,1-3H3,(H,16,17,18,19). The van der Waals surface area contributed by atoms with Crippen LogP contribution >= 0.6 is 0 Å². The van der Waals surface area contributed by atoms with E-state index in [0.29, 0.717) is 23.2 Å². The predicted octanol–water partition coefficient (Wildman–Crippen LogP) is 2.78. The maximum Gasteiger partial charge on any atom is 0.272 e. The summed E-state index contributed by atoms with van der Waals surface area (Å²) in [6.45, 7) is 7.35. The Balaban J connectivity index is 2.14. The maximum atomic E-state index is 12.5. The minimum atomic E-state index is -0.0783. The van der Waals surface area contributed by atoms with Gasteiger partial charge in [-0.3, -0.25) is 4.79 Å². The van der Waals surface area contributed by atoms with E-state index in [1.807, 2.05) is 4.90 Å². The van der Waals surface area contributed by atoms with E-state index in [2.05, 4.69) is 34.3 Å². The smallest absolute Gasteiger partial charge is 0.272 e. The molecule has 0 aliphatic carbocycles. The number of nitrogens with zero attached hydrogens (tertiary/aromatic N) is 4. The van der Waals surface area contributed by atoms with E-state index in [1.54, 1.807) is 25.3 Å². The van der Waals surface area contributed by atoms with Gasteiger partial charge in [-0.1, -0.05) is 19.0 Å². The molecule has 0 unspecified atom stereocenters. The monoisotopic (exact) mass is 303 g/mol. The molecule has 1 N–H and O–H groups in total. The third kappa shape index (κ3) is 4.03. The topological polar surface area (TPSA) is 84.2 Å². The Morgan fingerprint density at radius 1 is 1.32 bits per heavy atom. The minimum Gasteiger partial charge on any atom is -0.360 e. The SMILES string of the molecule is CCCN(CCC)C(=O)c1ccnc(Nc2cc(C)on2)n1. The van der Waals surface area contributed by atoms with Crippen LogP contribution in [0, 0.1) is 6.92 Å². The number of carbonyl (C=O) groups is 1. The van der Waals surface area contributed by atoms with Gasteiger partial charge in [0.05, 0.1) is 0 Å². The van der Waals surface area contributed by atoms with Crippen molar-refractivity contribution in [2.24, 2.45) is 0 Å². The van der Waals surface area contributed by atoms with Crippen molar-refractivity contribution >= 4 is 17.7 Å². The van der Waals surface area contributed by atoms with E-state index >= 15 is 0 Å². The fraction of sp³-hybridized carbons (Fsp3) is 0.467. The van der Waals surface area contributed by atoms with Gasteiger partial charge in [0.2, 0.25) is 5.95 Å². The van der Waals surface area contributed by atoms with Gasteiger partial charge in [-0.05, 0) is 25.8 Å². The zero-order valence-electron chi connectivity index (χ0n) is 13.2. The zero-order chi connectivity index (χ0) is 15.9. The van der Waals surface area contributed by atoms with Gasteiger partial charge in [-0.25, -0.2) is 9.97 Å². The van der Waals surface area contributed by atoms with Crippen LogP contribution in [-0.4, -0.2) is 39.0 Å². The first-order chi connectivity index (χ1) is 10.6. The second kappa shape index (κ2) is 7.53. The molecular weight excluding hydrogens is 282 g/mol. The van der Waals surface area contributed by atoms with Gasteiger partial charge in [0.1, 0.15) is 11.5 Å². The van der Waals surface area contributed by atoms with Crippen LogP contribution < -0.4 is 5.32 Å². The van der Waals surface area contributed by atoms with Crippen LogP contribution in [0.1, 0.15) is 42.9 Å². The molecule has 0 aliphatic heterocycles. The first kappa shape index (κ1) is 15.9. The Morgan fingerprint density at radius 3 is 2.64 bits per heavy atom. The molecule has 2 aromatic heterocycles. The summed E-state index contributed by atoms with van der Waals surface area (Å²) in [6, 6.07) is 3.36. The highest BCUT2D eigenvalue weighted by Crippen LogP contribution is 2.13. The Hall–Kier alpha value is -2.44. The van der Waals surface area contributed by atoms with E-state index in [1.165, 1.54) is 0 Å². The van der Waals surface area contributed by atoms with Gasteiger partial charge in [0.25, 0.3) is 5.91 Å². The van der Waals surface area contributed by atoms with Crippen molar-refractivity contribution in [2.45, 2.75) is 33.6 Å². The summed E-state index contributed by atoms with van der Waals surface area (Å²) >= 11 is 0. The number of aryl methyl sites for hydroxylation is 1. The van der Waals surface area contributed by atoms with Gasteiger partial charge in [0.15, 0.2) is 5.82 Å². The van der Waals surface area contributed by atoms with E-state index in [-0.39, 0.29) is 5.91 Å². The molecule has 0 aromatic carbocycles. The van der Waals surface area contributed by atoms with E-state index in [9.17, 15) is 4.79 Å². The average molecular weight is 303 g/mol. The number of amides is 1. The molecule has 7 heteroatoms. The van der Waals surface area contributed by atoms with Crippen LogP contribution in [0.5, 0.6) is 0 Å². The molecule has 118 valence electrons. The van der Waals surface area contributed by atoms with Crippen molar-refractivity contribution in [3.05, 3.63) is 29.8 Å². The molecule has 0 saturated carbocycles. The van der Waals surface area contributed by atoms with Gasteiger partial charge in [-0.2, -0.15) is 0 Å². The van der Waals surface area contributed by atoms with Crippen molar-refractivity contribution in [1.82, 2.24) is 20.0 Å². The van der Waals surface area contributed by atoms with Gasteiger partial charge in [0, 0.05) is 25.4 Å². The molecule has 2 heterocycles. The predicted molar refractivity (Wildman–Crippen MR) is 83.0 cm³/mol. The quantitative estimate of drug-likeness (QED) is 0.846. The van der Waals surface area contributed by atoms with Crippen LogP contribution in [0.3, 0.4) is 0 Å². The Labute approximate surface area is 129 Å². The molecule has 0 bridgehead atoms. The second-order valence-corrected chi connectivity index (χ2v) is 5.01. The third-order valence-corrected chi connectivity index (χ3v) is 3.02. The molecule has 0 radical (unpaired) electrons. The summed E-state index contributed by atoms with van der Waals surface area (Å²) in [7, 11) is 0. The largest absolute Gasteiger partial charge is 0.360 e. The number of rotatable bonds is 7. The van der Waals surface area contributed by atoms with Crippen molar-refractivity contribution in [2.75, 3.05) is 18.4 Å². The lowest BCUT2D eigenvalue weighted by atomic mass is 10.3. The molecule has 7 nitrogen and oxygen atoms in total. The number of anilines is 2. The van der Waals surface area contributed by atoms with Crippen LogP contribution in [0.25, 0.3) is 0 Å². The fourth-order valence-electron chi connectivity index (χ4n) is 2.09. The van der Waals surface area contributed by atoms with Gasteiger partial charge < -0.3 is 14.7 Å². The first-order valence-electron chi connectivity index (χ1n) is 7.46. The Bertz CT molecular complexity index is 620. The van der Waals surface area contributed by atoms with Gasteiger partial charge >= 0.3 is 0 Å². The number of hydrogen-bond acceptors (Lipinski definition) is 6. The fourth-order valence-corrected chi connectivity index (χ4v) is 2.09. The highest BCUT2D eigenvalue weighted by Gasteiger charge is 2.16. The highest BCUT2D eigenvalue weighted by atomic mass is 16.5. The molecule has 0 fully saturated rings. The second-order valence-electron chi connectivity index (χ2n) is 5.01. The zero-order valence-corrected chi connectivity index (χ0v) is 13.2. The summed E-state index contributed by atoms with van der Waals surface area (Å²) in [4.78, 5) is 22.7. The molecule has 2 aromatic rings. The molecule has 0 aliphatic rings. The number of aromatic nitrogens is 3. The summed E-state index contributed by atoms with van der Waals surface area (Å²) in [5.41, 5.74) is 0.375. The minimum absolute atomic E-state index is 0.0783. The molecular formula is C15H21N5O2. The van der Waals surface area contributed by atoms with Crippen molar-refractivity contribution in [1.29, 1.82) is 0 Å². The maximum absolute atomic E-state index is 12.5. The molecule has 22 heavy (non-hydrogen) atoms. The summed E-state index contributed by atoms with van der Waals surface area (Å²) < 4.78 is 4.97. The summed E-state index contributed by atoms with van der Waals surface area (Å²) in [5, 5.41) is 6.74. The van der Waals surface area contributed by atoms with Crippen molar-refractivity contribution in [3.8, 4) is 0 Å². The summed E-state index contributed by atoms with van der Waals surface area (Å²) in [6.07, 6.45) is 3.39. The van der Waals surface area contributed by atoms with E-state index < -0.39 is 0 Å². The van der Waals surface area contributed by atoms with Crippen LogP contribution in [0.2, 0.25) is 0 Å². The Kier molecular flexibility index (Phi) is 5.46. The Morgan fingerprint density at radius 2 is 2.05 bits per heavy atom. The molecule has 0 saturated heterocycles. The normalized spacial score (nSPS) is 10.5. The highest BCUT2D eigenvalue weighted by molar-refractivity contribution is 5.92. The first-order valence-corrected chi connectivity index (χ1v) is 7.46. The van der Waals surface area contributed by atoms with Crippen LogP contribution in [0.15, 0.2) is 22.9 Å². The average Bonchev–Trinajstić information content (AvgIpc) is 2.92. The van der Waals surface area contributed by atoms with Crippen LogP contribution in [0.4, 0.5) is 11.8 Å². The lowest BCUT2D eigenvalue weighted by Crippen LogP contribution is -2.33. The number of nitrogens with one attached hydrogen (secondary N) is 1. The lowest BCUT2D eigenvalue weighted by molar-refractivity contribution is 0.0749. The number of carbonyl (C=O) groups excluding carboxylic acids is 1. The molecule has 0 atom stereocenters. The van der Waals surface area contributed by atoms with Crippen LogP contribution in [-0.2, 0) is 0 Å². The molecule has 0 spiro atoms. The lowest BCUT2D eigenvalue weighted by Gasteiger charge is -2.20.